The van der Waals surface area contributed by atoms with Crippen LogP contribution in [0.1, 0.15) is 24.0 Å². The fourth-order valence-electron chi connectivity index (χ4n) is 4.62. The van der Waals surface area contributed by atoms with Gasteiger partial charge >= 0.3 is 0 Å². The zero-order chi connectivity index (χ0) is 22.7. The van der Waals surface area contributed by atoms with Crippen molar-refractivity contribution < 1.29 is 0 Å². The molecular weight excluding hydrogens is 525 g/mol. The average Bonchev–Trinajstić information content (AvgIpc) is 3.57. The first-order chi connectivity index (χ1) is 15.9. The van der Waals surface area contributed by atoms with E-state index in [4.69, 9.17) is 23.2 Å². The second-order valence-corrected chi connectivity index (χ2v) is 10.2. The summed E-state index contributed by atoms with van der Waals surface area (Å²) < 4.78 is 2.04. The van der Waals surface area contributed by atoms with Crippen LogP contribution in [0, 0.1) is 0 Å². The van der Waals surface area contributed by atoms with Gasteiger partial charge in [-0.2, -0.15) is 0 Å². The van der Waals surface area contributed by atoms with Crippen LogP contribution in [0.4, 0.5) is 11.6 Å². The summed E-state index contributed by atoms with van der Waals surface area (Å²) in [4.78, 5) is 22.2. The molecule has 1 spiro atoms. The maximum Gasteiger partial charge on any atom is 0.266 e. The molecule has 4 aromatic rings. The average molecular weight is 543 g/mol. The molecule has 1 fully saturated rings. The third-order valence-electron chi connectivity index (χ3n) is 6.45. The summed E-state index contributed by atoms with van der Waals surface area (Å²) in [5, 5.41) is 7.93. The Labute approximate surface area is 208 Å². The van der Waals surface area contributed by atoms with Crippen molar-refractivity contribution in [3.63, 3.8) is 0 Å². The van der Waals surface area contributed by atoms with Crippen molar-refractivity contribution in [3.05, 3.63) is 84.8 Å². The highest BCUT2D eigenvalue weighted by Gasteiger charge is 2.46. The molecule has 1 saturated carbocycles. The molecule has 0 saturated heterocycles. The lowest BCUT2D eigenvalue weighted by molar-refractivity contribution is 0.531. The van der Waals surface area contributed by atoms with Gasteiger partial charge < -0.3 is 10.6 Å². The normalized spacial score (nSPS) is 16.1. The smallest absolute Gasteiger partial charge is 0.266 e. The van der Waals surface area contributed by atoms with Crippen molar-refractivity contribution in [3.8, 4) is 5.69 Å². The van der Waals surface area contributed by atoms with E-state index in [0.717, 1.165) is 18.8 Å². The van der Waals surface area contributed by atoms with E-state index >= 15 is 0 Å². The molecule has 0 unspecified atom stereocenters. The van der Waals surface area contributed by atoms with Crippen LogP contribution in [-0.2, 0) is 12.0 Å². The Morgan fingerprint density at radius 3 is 2.70 bits per heavy atom. The Bertz CT molecular complexity index is 1480. The number of nitrogens with one attached hydrogen (secondary N) is 2. The van der Waals surface area contributed by atoms with Crippen molar-refractivity contribution in [2.24, 2.45) is 0 Å². The van der Waals surface area contributed by atoms with Gasteiger partial charge in [-0.25, -0.2) is 9.97 Å². The molecule has 2 aromatic carbocycles. The number of nitrogens with zero attached hydrogens (tertiary/aromatic N) is 3. The third kappa shape index (κ3) is 3.54. The zero-order valence-electron chi connectivity index (χ0n) is 17.3. The predicted octanol–water partition coefficient (Wildman–Crippen LogP) is 5.73. The van der Waals surface area contributed by atoms with E-state index in [0.29, 0.717) is 42.5 Å². The quantitative estimate of drug-likeness (QED) is 0.346. The van der Waals surface area contributed by atoms with Crippen LogP contribution in [-0.4, -0.2) is 21.1 Å². The molecule has 166 valence electrons. The monoisotopic (exact) mass is 541 g/mol. The van der Waals surface area contributed by atoms with Crippen LogP contribution in [0.5, 0.6) is 0 Å². The lowest BCUT2D eigenvalue weighted by Gasteiger charge is -2.26. The lowest BCUT2D eigenvalue weighted by atomic mass is 9.88. The van der Waals surface area contributed by atoms with Gasteiger partial charge in [0.25, 0.3) is 5.56 Å². The summed E-state index contributed by atoms with van der Waals surface area (Å²) in [6, 6.07) is 11.6. The molecule has 3 heterocycles. The summed E-state index contributed by atoms with van der Waals surface area (Å²) in [6.07, 6.45) is 5.66. The van der Waals surface area contributed by atoms with E-state index < -0.39 is 0 Å². The highest BCUT2D eigenvalue weighted by Crippen LogP contribution is 2.50. The van der Waals surface area contributed by atoms with Crippen LogP contribution < -0.4 is 16.2 Å². The van der Waals surface area contributed by atoms with Crippen LogP contribution in [0.2, 0.25) is 10.0 Å². The largest absolute Gasteiger partial charge is 0.324 e. The van der Waals surface area contributed by atoms with E-state index in [2.05, 4.69) is 54.7 Å². The summed E-state index contributed by atoms with van der Waals surface area (Å²) in [6.45, 7) is 1.92. The lowest BCUT2D eigenvalue weighted by Crippen LogP contribution is -2.33. The number of para-hydroxylation sites is 1. The molecule has 0 amide bonds. The summed E-state index contributed by atoms with van der Waals surface area (Å²) in [5.41, 5.74) is 4.64. The number of pyridine rings is 1. The number of hydrogen-bond donors (Lipinski definition) is 2. The fourth-order valence-corrected chi connectivity index (χ4v) is 5.71. The Morgan fingerprint density at radius 1 is 1.15 bits per heavy atom. The number of fused-ring (bicyclic) bond motifs is 3. The van der Waals surface area contributed by atoms with Gasteiger partial charge in [-0.3, -0.25) is 9.36 Å². The van der Waals surface area contributed by atoms with Crippen molar-refractivity contribution in [1.29, 1.82) is 0 Å². The SMILES string of the molecule is O=c1c2cnc(Nc3ccc4c(c3)CNCC43CC3)nc2c(Br)cn1-c1c(Cl)cccc1Cl. The second kappa shape index (κ2) is 7.81. The molecule has 2 N–H and O–H groups in total. The van der Waals surface area contributed by atoms with Gasteiger partial charge in [0, 0.05) is 36.6 Å². The minimum atomic E-state index is -0.302. The fraction of sp³-hybridized carbons (Fsp3) is 0.208. The summed E-state index contributed by atoms with van der Waals surface area (Å²) in [5.74, 6) is 0.418. The minimum absolute atomic E-state index is 0.302. The molecule has 6 nitrogen and oxygen atoms in total. The minimum Gasteiger partial charge on any atom is -0.324 e. The molecule has 33 heavy (non-hydrogen) atoms. The topological polar surface area (TPSA) is 71.8 Å². The van der Waals surface area contributed by atoms with Crippen LogP contribution in [0.15, 0.2) is 58.1 Å². The molecule has 1 aliphatic carbocycles. The highest BCUT2D eigenvalue weighted by molar-refractivity contribution is 9.10. The molecule has 1 aliphatic heterocycles. The van der Waals surface area contributed by atoms with Crippen LogP contribution in [0.25, 0.3) is 16.6 Å². The molecule has 0 bridgehead atoms. The molecule has 6 rings (SSSR count). The number of rotatable bonds is 3. The van der Waals surface area contributed by atoms with E-state index in [-0.39, 0.29) is 5.56 Å². The maximum absolute atomic E-state index is 13.2. The molecule has 2 aromatic heterocycles. The van der Waals surface area contributed by atoms with Gasteiger partial charge in [0.05, 0.1) is 31.1 Å². The van der Waals surface area contributed by atoms with Crippen molar-refractivity contribution >= 4 is 61.7 Å². The van der Waals surface area contributed by atoms with Crippen molar-refractivity contribution in [2.75, 3.05) is 11.9 Å². The van der Waals surface area contributed by atoms with E-state index in [1.165, 1.54) is 34.7 Å². The summed E-state index contributed by atoms with van der Waals surface area (Å²) in [7, 11) is 0. The summed E-state index contributed by atoms with van der Waals surface area (Å²) >= 11 is 16.2. The van der Waals surface area contributed by atoms with Crippen molar-refractivity contribution in [1.82, 2.24) is 19.9 Å². The van der Waals surface area contributed by atoms with Crippen LogP contribution >= 0.6 is 39.1 Å². The zero-order valence-corrected chi connectivity index (χ0v) is 20.4. The predicted molar refractivity (Wildman–Crippen MR) is 135 cm³/mol. The number of anilines is 2. The molecular formula is C24H18BrCl2N5O. The Hall–Kier alpha value is -2.45. The first-order valence-corrected chi connectivity index (χ1v) is 12.1. The van der Waals surface area contributed by atoms with Gasteiger partial charge in [0.2, 0.25) is 5.95 Å². The molecule has 9 heteroatoms. The Morgan fingerprint density at radius 2 is 1.94 bits per heavy atom. The van der Waals surface area contributed by atoms with E-state index in [9.17, 15) is 4.79 Å². The van der Waals surface area contributed by atoms with Gasteiger partial charge in [-0.1, -0.05) is 35.3 Å². The number of halogens is 3. The van der Waals surface area contributed by atoms with Gasteiger partial charge in [-0.15, -0.1) is 0 Å². The Balaban J connectivity index is 1.38. The Kier molecular flexibility index (Phi) is 4.99. The first-order valence-electron chi connectivity index (χ1n) is 10.6. The van der Waals surface area contributed by atoms with E-state index in [1.807, 2.05) is 0 Å². The highest BCUT2D eigenvalue weighted by atomic mass is 79.9. The maximum atomic E-state index is 13.2. The standard InChI is InChI=1S/C24H18BrCl2N5O/c25-17-11-32(21-18(26)2-1-3-19(21)27)22(33)15-10-29-23(31-20(15)17)30-14-4-5-16-13(8-14)9-28-12-24(16)6-7-24/h1-5,8,10-11,28H,6-7,9,12H2,(H,29,30,31). The van der Waals surface area contributed by atoms with Gasteiger partial charge in [0.15, 0.2) is 0 Å². The van der Waals surface area contributed by atoms with Crippen LogP contribution in [0.3, 0.4) is 0 Å². The number of benzene rings is 2. The second-order valence-electron chi connectivity index (χ2n) is 8.56. The molecule has 0 radical (unpaired) electrons. The van der Waals surface area contributed by atoms with E-state index in [1.54, 1.807) is 24.4 Å². The molecule has 0 atom stereocenters. The third-order valence-corrected chi connectivity index (χ3v) is 7.64. The first kappa shape index (κ1) is 21.1. The van der Waals surface area contributed by atoms with Gasteiger partial charge in [0.1, 0.15) is 0 Å². The molecule has 2 aliphatic rings. The van der Waals surface area contributed by atoms with Crippen molar-refractivity contribution in [2.45, 2.75) is 24.8 Å². The number of hydrogen-bond acceptors (Lipinski definition) is 5. The van der Waals surface area contributed by atoms with Gasteiger partial charge in [-0.05, 0) is 64.2 Å². The number of aromatic nitrogens is 3.